The van der Waals surface area contributed by atoms with Crippen molar-refractivity contribution in [3.63, 3.8) is 0 Å². The van der Waals surface area contributed by atoms with Crippen molar-refractivity contribution in [3.8, 4) is 16.3 Å². The highest BCUT2D eigenvalue weighted by molar-refractivity contribution is 9.10. The van der Waals surface area contributed by atoms with Crippen molar-refractivity contribution in [2.45, 2.75) is 20.5 Å². The fourth-order valence-corrected chi connectivity index (χ4v) is 4.06. The average molecular weight is 409 g/mol. The van der Waals surface area contributed by atoms with Gasteiger partial charge in [0.05, 0.1) is 10.7 Å². The molecular formula is C18H15BrClNOS. The molecule has 3 rings (SSSR count). The molecule has 0 N–H and O–H groups in total. The summed E-state index contributed by atoms with van der Waals surface area (Å²) in [6.07, 6.45) is 0. The van der Waals surface area contributed by atoms with Crippen molar-refractivity contribution in [1.82, 2.24) is 4.98 Å². The molecule has 0 spiro atoms. The lowest BCUT2D eigenvalue weighted by Crippen LogP contribution is -1.98. The van der Waals surface area contributed by atoms with Crippen LogP contribution in [0.3, 0.4) is 0 Å². The van der Waals surface area contributed by atoms with Gasteiger partial charge in [0.2, 0.25) is 0 Å². The van der Waals surface area contributed by atoms with Crippen molar-refractivity contribution in [3.05, 3.63) is 68.1 Å². The SMILES string of the molecule is Cc1ccc(-c2nc(COc3c(C)cc(Br)cc3Cl)cs2)cc1. The number of ether oxygens (including phenoxy) is 1. The van der Waals surface area contributed by atoms with E-state index < -0.39 is 0 Å². The molecule has 0 atom stereocenters. The Kier molecular flexibility index (Phi) is 5.05. The summed E-state index contributed by atoms with van der Waals surface area (Å²) in [5.74, 6) is 0.708. The standard InChI is InChI=1S/C18H15BrClNOS/c1-11-3-5-13(6-4-11)18-21-15(10-23-18)9-22-17-12(2)7-14(19)8-16(17)20/h3-8,10H,9H2,1-2H3. The molecule has 0 amide bonds. The van der Waals surface area contributed by atoms with Crippen molar-refractivity contribution in [2.24, 2.45) is 0 Å². The van der Waals surface area contributed by atoms with Crippen molar-refractivity contribution < 1.29 is 4.74 Å². The van der Waals surface area contributed by atoms with E-state index in [9.17, 15) is 0 Å². The van der Waals surface area contributed by atoms with Crippen molar-refractivity contribution in [1.29, 1.82) is 0 Å². The molecule has 0 saturated heterocycles. The largest absolute Gasteiger partial charge is 0.485 e. The fraction of sp³-hybridized carbons (Fsp3) is 0.167. The molecule has 5 heteroatoms. The van der Waals surface area contributed by atoms with E-state index in [1.165, 1.54) is 5.56 Å². The summed E-state index contributed by atoms with van der Waals surface area (Å²) in [6.45, 7) is 4.46. The molecule has 0 saturated carbocycles. The van der Waals surface area contributed by atoms with E-state index >= 15 is 0 Å². The lowest BCUT2D eigenvalue weighted by atomic mass is 10.2. The minimum Gasteiger partial charge on any atom is -0.485 e. The average Bonchev–Trinajstić information content (AvgIpc) is 2.96. The number of halogens is 2. The van der Waals surface area contributed by atoms with E-state index in [-0.39, 0.29) is 0 Å². The van der Waals surface area contributed by atoms with E-state index in [2.05, 4.69) is 52.1 Å². The van der Waals surface area contributed by atoms with Crippen LogP contribution in [-0.2, 0) is 6.61 Å². The molecule has 1 heterocycles. The van der Waals surface area contributed by atoms with Crippen LogP contribution in [0.1, 0.15) is 16.8 Å². The van der Waals surface area contributed by atoms with Crippen molar-refractivity contribution >= 4 is 38.9 Å². The summed E-state index contributed by atoms with van der Waals surface area (Å²) in [6, 6.07) is 12.2. The molecule has 0 aliphatic carbocycles. The summed E-state index contributed by atoms with van der Waals surface area (Å²) in [5.41, 5.74) is 4.28. The second-order valence-electron chi connectivity index (χ2n) is 5.33. The minimum absolute atomic E-state index is 0.407. The van der Waals surface area contributed by atoms with Gasteiger partial charge in [0.25, 0.3) is 0 Å². The number of aromatic nitrogens is 1. The molecule has 0 aliphatic rings. The van der Waals surface area contributed by atoms with Gasteiger partial charge in [-0.25, -0.2) is 4.98 Å². The quantitative estimate of drug-likeness (QED) is 0.497. The van der Waals surface area contributed by atoms with E-state index in [0.717, 1.165) is 26.3 Å². The Morgan fingerprint density at radius 2 is 1.91 bits per heavy atom. The zero-order valence-corrected chi connectivity index (χ0v) is 15.9. The highest BCUT2D eigenvalue weighted by atomic mass is 79.9. The first-order valence-corrected chi connectivity index (χ1v) is 9.18. The van der Waals surface area contributed by atoms with Crippen LogP contribution in [0, 0.1) is 13.8 Å². The van der Waals surface area contributed by atoms with Gasteiger partial charge in [-0.3, -0.25) is 0 Å². The Hall–Kier alpha value is -1.36. The van der Waals surface area contributed by atoms with Gasteiger partial charge >= 0.3 is 0 Å². The molecule has 0 fully saturated rings. The number of thiazole rings is 1. The van der Waals surface area contributed by atoms with Gasteiger partial charge in [-0.05, 0) is 31.5 Å². The molecule has 0 bridgehead atoms. The first-order chi connectivity index (χ1) is 11.0. The van der Waals surface area contributed by atoms with Gasteiger partial charge in [0.15, 0.2) is 0 Å². The molecule has 0 aliphatic heterocycles. The zero-order chi connectivity index (χ0) is 16.4. The monoisotopic (exact) mass is 407 g/mol. The maximum Gasteiger partial charge on any atom is 0.141 e. The van der Waals surface area contributed by atoms with Crippen LogP contribution in [0.25, 0.3) is 10.6 Å². The van der Waals surface area contributed by atoms with Crippen LogP contribution >= 0.6 is 38.9 Å². The highest BCUT2D eigenvalue weighted by Crippen LogP contribution is 2.33. The zero-order valence-electron chi connectivity index (χ0n) is 12.8. The number of hydrogen-bond donors (Lipinski definition) is 0. The number of hydrogen-bond acceptors (Lipinski definition) is 3. The van der Waals surface area contributed by atoms with Crippen LogP contribution in [0.5, 0.6) is 5.75 Å². The summed E-state index contributed by atoms with van der Waals surface area (Å²) in [5, 5.41) is 3.63. The molecule has 23 heavy (non-hydrogen) atoms. The van der Waals surface area contributed by atoms with Crippen LogP contribution in [0.15, 0.2) is 46.3 Å². The van der Waals surface area contributed by atoms with Crippen LogP contribution in [0.4, 0.5) is 0 Å². The molecule has 2 nitrogen and oxygen atoms in total. The van der Waals surface area contributed by atoms with E-state index in [1.54, 1.807) is 11.3 Å². The number of nitrogens with zero attached hydrogens (tertiary/aromatic N) is 1. The molecule has 3 aromatic rings. The first-order valence-electron chi connectivity index (χ1n) is 7.13. The topological polar surface area (TPSA) is 22.1 Å². The smallest absolute Gasteiger partial charge is 0.141 e. The van der Waals surface area contributed by atoms with E-state index in [1.807, 2.05) is 24.4 Å². The molecule has 0 radical (unpaired) electrons. The van der Waals surface area contributed by atoms with Gasteiger partial charge in [0.1, 0.15) is 17.4 Å². The predicted octanol–water partition coefficient (Wildman–Crippen LogP) is 6.42. The van der Waals surface area contributed by atoms with Gasteiger partial charge in [-0.2, -0.15) is 0 Å². The summed E-state index contributed by atoms with van der Waals surface area (Å²) >= 11 is 11.3. The second kappa shape index (κ2) is 7.04. The maximum absolute atomic E-state index is 6.24. The van der Waals surface area contributed by atoms with Gasteiger partial charge in [-0.15, -0.1) is 11.3 Å². The first kappa shape index (κ1) is 16.5. The fourth-order valence-electron chi connectivity index (χ4n) is 2.22. The third-order valence-corrected chi connectivity index (χ3v) is 5.09. The normalized spacial score (nSPS) is 10.8. The van der Waals surface area contributed by atoms with Crippen LogP contribution in [-0.4, -0.2) is 4.98 Å². The van der Waals surface area contributed by atoms with Crippen LogP contribution < -0.4 is 4.74 Å². The molecule has 1 aromatic heterocycles. The molecular weight excluding hydrogens is 394 g/mol. The molecule has 118 valence electrons. The van der Waals surface area contributed by atoms with Gasteiger partial charge < -0.3 is 4.74 Å². The van der Waals surface area contributed by atoms with E-state index in [0.29, 0.717) is 17.4 Å². The number of rotatable bonds is 4. The van der Waals surface area contributed by atoms with Crippen molar-refractivity contribution in [2.75, 3.05) is 0 Å². The molecule has 0 unspecified atom stereocenters. The van der Waals surface area contributed by atoms with Gasteiger partial charge in [0, 0.05) is 15.4 Å². The van der Waals surface area contributed by atoms with Gasteiger partial charge in [-0.1, -0.05) is 57.4 Å². The summed E-state index contributed by atoms with van der Waals surface area (Å²) in [7, 11) is 0. The Morgan fingerprint density at radius 3 is 2.61 bits per heavy atom. The minimum atomic E-state index is 0.407. The Morgan fingerprint density at radius 1 is 1.17 bits per heavy atom. The Bertz CT molecular complexity index is 806. The lowest BCUT2D eigenvalue weighted by Gasteiger charge is -2.10. The third kappa shape index (κ3) is 3.94. The lowest BCUT2D eigenvalue weighted by molar-refractivity contribution is 0.300. The number of aryl methyl sites for hydroxylation is 2. The highest BCUT2D eigenvalue weighted by Gasteiger charge is 2.10. The predicted molar refractivity (Wildman–Crippen MR) is 101 cm³/mol. The Labute approximate surface area is 153 Å². The second-order valence-corrected chi connectivity index (χ2v) is 7.51. The van der Waals surface area contributed by atoms with Crippen LogP contribution in [0.2, 0.25) is 5.02 Å². The number of benzene rings is 2. The molecule has 2 aromatic carbocycles. The Balaban J connectivity index is 1.74. The van der Waals surface area contributed by atoms with E-state index in [4.69, 9.17) is 16.3 Å². The third-order valence-electron chi connectivity index (χ3n) is 3.41. The summed E-state index contributed by atoms with van der Waals surface area (Å²) < 4.78 is 6.82. The maximum atomic E-state index is 6.24. The summed E-state index contributed by atoms with van der Waals surface area (Å²) in [4.78, 5) is 4.64.